The number of benzene rings is 9. The fourth-order valence-corrected chi connectivity index (χ4v) is 12.1. The Bertz CT molecular complexity index is 4070. The van der Waals surface area contributed by atoms with Crippen LogP contribution in [0.1, 0.15) is 128 Å². The Balaban J connectivity index is 1.02. The molecule has 0 aliphatic carbocycles. The second kappa shape index (κ2) is 20.4. The van der Waals surface area contributed by atoms with Gasteiger partial charge in [0, 0.05) is 56.7 Å². The number of anilines is 4. The van der Waals surface area contributed by atoms with Crippen LogP contribution in [0.15, 0.2) is 231 Å². The number of hydrogen-bond acceptors (Lipinski definition) is 4. The Hall–Kier alpha value is -8.67. The third kappa shape index (κ3) is 9.95. The molecule has 2 aromatic heterocycles. The van der Waals surface area contributed by atoms with Crippen LogP contribution in [0.25, 0.3) is 38.8 Å². The van der Waals surface area contributed by atoms with Gasteiger partial charge in [-0.1, -0.05) is 223 Å². The van der Waals surface area contributed by atoms with Crippen molar-refractivity contribution in [2.75, 3.05) is 16.5 Å². The van der Waals surface area contributed by atoms with Gasteiger partial charge in [0.05, 0.1) is 22.4 Å². The van der Waals surface area contributed by atoms with Gasteiger partial charge >= 0.3 is 0 Å². The van der Waals surface area contributed by atoms with Crippen molar-refractivity contribution in [3.8, 4) is 28.4 Å². The van der Waals surface area contributed by atoms with Crippen molar-refractivity contribution < 1.29 is 4.74 Å². The van der Waals surface area contributed by atoms with E-state index in [2.05, 4.69) is 322 Å². The van der Waals surface area contributed by atoms with E-state index in [0.717, 1.165) is 61.7 Å². The lowest BCUT2D eigenvalue weighted by Crippen LogP contribution is -2.27. The minimum atomic E-state index is -0.375. The quantitative estimate of drug-likeness (QED) is 0.122. The lowest BCUT2D eigenvalue weighted by molar-refractivity contribution is 0.480. The zero-order valence-electron chi connectivity index (χ0n) is 49.8. The summed E-state index contributed by atoms with van der Waals surface area (Å²) >= 11 is 0. The summed E-state index contributed by atoms with van der Waals surface area (Å²) in [6.07, 6.45) is 1.95. The van der Waals surface area contributed by atoms with Crippen molar-refractivity contribution >= 4 is 44.6 Å². The van der Waals surface area contributed by atoms with E-state index < -0.39 is 0 Å². The molecule has 12 rings (SSSR count). The molecule has 0 N–H and O–H groups in total. The Morgan fingerprint density at radius 3 is 1.41 bits per heavy atom. The van der Waals surface area contributed by atoms with Crippen molar-refractivity contribution in [3.05, 3.63) is 275 Å². The molecule has 0 fully saturated rings. The van der Waals surface area contributed by atoms with Gasteiger partial charge in [0.1, 0.15) is 24.0 Å². The number of fused-ring (bicyclic) bond motifs is 4. The molecule has 0 radical (unpaired) electrons. The molecule has 1 aliphatic rings. The zero-order chi connectivity index (χ0) is 57.3. The summed E-state index contributed by atoms with van der Waals surface area (Å²) in [6.45, 7) is 28.4. The highest BCUT2D eigenvalue weighted by atomic mass is 16.5. The van der Waals surface area contributed by atoms with Crippen LogP contribution in [0.5, 0.6) is 11.5 Å². The molecule has 0 saturated heterocycles. The molecule has 82 heavy (non-hydrogen) atoms. The Morgan fingerprint density at radius 1 is 0.341 bits per heavy atom. The Kier molecular flexibility index (Phi) is 13.4. The van der Waals surface area contributed by atoms with E-state index in [1.165, 1.54) is 55.8 Å². The van der Waals surface area contributed by atoms with Gasteiger partial charge in [0.2, 0.25) is 0 Å². The molecular weight excluding hydrogens is 997 g/mol. The molecule has 0 unspecified atom stereocenters. The number of aromatic nitrogens is 2. The summed E-state index contributed by atoms with van der Waals surface area (Å²) in [7, 11) is 0. The van der Waals surface area contributed by atoms with Gasteiger partial charge in [0.25, 0.3) is 0 Å². The molecule has 3 heterocycles. The maximum atomic E-state index is 7.30. The monoisotopic (exact) mass is 1070 g/mol. The van der Waals surface area contributed by atoms with Crippen molar-refractivity contribution in [2.45, 2.75) is 110 Å². The SMILES string of the molecule is CC(C)(C)c1ccnc(-n2c3ccc(-c4ccccc4)cc3c3ccc(Oc4cc(N5CN(c6cc(C(C)(C)c7ccccc7)cc(C(C)(C)c7ccccc7)c6)c6cc(C(C)(C)C)ccc65)cc(C(C)(C)c5ccccc5)c4)cc32)c1. The predicted molar refractivity (Wildman–Crippen MR) is 346 cm³/mol. The molecule has 0 atom stereocenters. The van der Waals surface area contributed by atoms with Crippen LogP contribution in [0.4, 0.5) is 22.7 Å². The third-order valence-electron chi connectivity index (χ3n) is 17.7. The molecule has 0 saturated carbocycles. The van der Waals surface area contributed by atoms with Crippen molar-refractivity contribution in [3.63, 3.8) is 0 Å². The maximum absolute atomic E-state index is 7.30. The van der Waals surface area contributed by atoms with Crippen LogP contribution in [0.3, 0.4) is 0 Å². The Morgan fingerprint density at radius 2 is 0.854 bits per heavy atom. The van der Waals surface area contributed by atoms with E-state index in [1.54, 1.807) is 0 Å². The average Bonchev–Trinajstić information content (AvgIpc) is 2.77. The summed E-state index contributed by atoms with van der Waals surface area (Å²) in [5.74, 6) is 2.39. The van der Waals surface area contributed by atoms with Crippen LogP contribution in [-0.4, -0.2) is 16.2 Å². The van der Waals surface area contributed by atoms with Crippen LogP contribution < -0.4 is 14.5 Å². The van der Waals surface area contributed by atoms with E-state index >= 15 is 0 Å². The Labute approximate surface area is 486 Å². The maximum Gasteiger partial charge on any atom is 0.137 e. The van der Waals surface area contributed by atoms with Gasteiger partial charge in [-0.2, -0.15) is 0 Å². The number of nitrogens with zero attached hydrogens (tertiary/aromatic N) is 4. The molecule has 0 amide bonds. The van der Waals surface area contributed by atoms with Gasteiger partial charge in [-0.25, -0.2) is 4.98 Å². The first-order valence-electron chi connectivity index (χ1n) is 29.1. The lowest BCUT2D eigenvalue weighted by Gasteiger charge is -2.33. The summed E-state index contributed by atoms with van der Waals surface area (Å²) in [4.78, 5) is 10.1. The molecule has 5 nitrogen and oxygen atoms in total. The molecule has 5 heteroatoms. The standard InChI is InChI=1S/C77H76N4O/c1-73(2,3)57-34-38-69-71(47-57)80(62-43-59(75(7,8)54-27-19-14-20-28-54)42-60(44-62)76(9,10)55-29-21-15-22-30-55)51-79(69)63-45-61(77(11,12)56-31-23-16-24-32-56)46-65(49-63)82-64-35-36-66-67-41-53(52-25-17-13-18-26-52)33-37-68(67)81(70(66)50-64)72-48-58(39-40-78-72)74(4,5)6/h13-50H,51H2,1-12H3. The highest BCUT2D eigenvalue weighted by Crippen LogP contribution is 2.50. The predicted octanol–water partition coefficient (Wildman–Crippen LogP) is 20.5. The average molecular weight is 1070 g/mol. The van der Waals surface area contributed by atoms with Crippen LogP contribution >= 0.6 is 0 Å². The fourth-order valence-electron chi connectivity index (χ4n) is 12.1. The van der Waals surface area contributed by atoms with E-state index in [0.29, 0.717) is 6.67 Å². The third-order valence-corrected chi connectivity index (χ3v) is 17.7. The van der Waals surface area contributed by atoms with Crippen molar-refractivity contribution in [1.82, 2.24) is 9.55 Å². The molecule has 9 aromatic carbocycles. The first-order valence-corrected chi connectivity index (χ1v) is 29.1. The second-order valence-electron chi connectivity index (χ2n) is 26.3. The highest BCUT2D eigenvalue weighted by Gasteiger charge is 2.36. The number of rotatable bonds is 12. The normalized spacial score (nSPS) is 13.3. The highest BCUT2D eigenvalue weighted by molar-refractivity contribution is 6.10. The summed E-state index contributed by atoms with van der Waals surface area (Å²) < 4.78 is 9.61. The first kappa shape index (κ1) is 53.9. The van der Waals surface area contributed by atoms with Gasteiger partial charge in [0.15, 0.2) is 0 Å². The smallest absolute Gasteiger partial charge is 0.137 e. The summed E-state index contributed by atoms with van der Waals surface area (Å²) in [6, 6.07) is 82.5. The van der Waals surface area contributed by atoms with E-state index in [1.807, 2.05) is 6.20 Å². The van der Waals surface area contributed by atoms with Crippen LogP contribution in [0, 0.1) is 0 Å². The van der Waals surface area contributed by atoms with Gasteiger partial charge < -0.3 is 14.5 Å². The van der Waals surface area contributed by atoms with E-state index in [4.69, 9.17) is 9.72 Å². The second-order valence-corrected chi connectivity index (χ2v) is 26.3. The van der Waals surface area contributed by atoms with Crippen molar-refractivity contribution in [2.24, 2.45) is 0 Å². The number of ether oxygens (including phenoxy) is 1. The van der Waals surface area contributed by atoms with Gasteiger partial charge in [-0.15, -0.1) is 0 Å². The summed E-state index contributed by atoms with van der Waals surface area (Å²) in [5, 5.41) is 2.30. The molecule has 410 valence electrons. The minimum absolute atomic E-state index is 0.0608. The minimum Gasteiger partial charge on any atom is -0.457 e. The largest absolute Gasteiger partial charge is 0.457 e. The number of hydrogen-bond donors (Lipinski definition) is 0. The van der Waals surface area contributed by atoms with E-state index in [-0.39, 0.29) is 27.1 Å². The van der Waals surface area contributed by atoms with Crippen molar-refractivity contribution in [1.29, 1.82) is 0 Å². The van der Waals surface area contributed by atoms with E-state index in [9.17, 15) is 0 Å². The molecule has 11 aromatic rings. The molecule has 0 spiro atoms. The lowest BCUT2D eigenvalue weighted by atomic mass is 9.73. The first-order chi connectivity index (χ1) is 39.1. The van der Waals surface area contributed by atoms with Gasteiger partial charge in [-0.05, 0) is 139 Å². The van der Waals surface area contributed by atoms with Gasteiger partial charge in [-0.3, -0.25) is 4.57 Å². The number of pyridine rings is 1. The van der Waals surface area contributed by atoms with Crippen LogP contribution in [-0.2, 0) is 27.1 Å². The molecule has 1 aliphatic heterocycles. The zero-order valence-corrected chi connectivity index (χ0v) is 49.8. The molecular formula is C77H76N4O. The molecule has 0 bridgehead atoms. The van der Waals surface area contributed by atoms with Crippen LogP contribution in [0.2, 0.25) is 0 Å². The fraction of sp³-hybridized carbons (Fsp3) is 0.234. The summed E-state index contributed by atoms with van der Waals surface area (Å²) in [5.41, 5.74) is 18.0. The topological polar surface area (TPSA) is 33.5 Å².